The van der Waals surface area contributed by atoms with E-state index in [1.54, 1.807) is 6.07 Å². The first-order valence-electron chi connectivity index (χ1n) is 6.56. The van der Waals surface area contributed by atoms with Crippen molar-refractivity contribution >= 4 is 28.8 Å². The molecule has 0 amide bonds. The monoisotopic (exact) mass is 354 g/mol. The van der Waals surface area contributed by atoms with Gasteiger partial charge in [-0.15, -0.1) is 5.11 Å². The molecule has 2 rings (SSSR count). The number of azo groups is 1. The van der Waals surface area contributed by atoms with E-state index in [4.69, 9.17) is 11.6 Å². The molecule has 0 bridgehead atoms. The Kier molecular flexibility index (Phi) is 5.35. The number of alkyl halides is 3. The van der Waals surface area contributed by atoms with Gasteiger partial charge in [0, 0.05) is 10.6 Å². The second kappa shape index (κ2) is 7.27. The number of aliphatic hydroxyl groups is 1. The van der Waals surface area contributed by atoms with Gasteiger partial charge in [-0.1, -0.05) is 41.9 Å². The lowest BCUT2D eigenvalue weighted by Crippen LogP contribution is -2.24. The summed E-state index contributed by atoms with van der Waals surface area (Å²) in [7, 11) is 0. The van der Waals surface area contributed by atoms with Crippen LogP contribution in [0.15, 0.2) is 70.5 Å². The van der Waals surface area contributed by atoms with E-state index in [1.165, 1.54) is 48.5 Å². The minimum Gasteiger partial charge on any atom is -0.505 e. The fourth-order valence-electron chi connectivity index (χ4n) is 1.68. The highest BCUT2D eigenvalue weighted by atomic mass is 35.5. The number of carbonyl (C=O) groups excluding carboxylic acids is 1. The zero-order valence-corrected chi connectivity index (χ0v) is 12.7. The zero-order chi connectivity index (χ0) is 17.7. The van der Waals surface area contributed by atoms with Crippen LogP contribution in [0.5, 0.6) is 0 Å². The second-order valence-corrected chi connectivity index (χ2v) is 5.00. The minimum absolute atomic E-state index is 0.0140. The lowest BCUT2D eigenvalue weighted by molar-refractivity contribution is -0.166. The average molecular weight is 355 g/mol. The molecule has 0 aromatic heterocycles. The van der Waals surface area contributed by atoms with Crippen molar-refractivity contribution in [1.82, 2.24) is 0 Å². The highest BCUT2D eigenvalue weighted by Gasteiger charge is 2.43. The maximum atomic E-state index is 12.7. The molecule has 2 aromatic carbocycles. The Morgan fingerprint density at radius 3 is 2.12 bits per heavy atom. The number of halogens is 4. The van der Waals surface area contributed by atoms with Crippen molar-refractivity contribution in [2.45, 2.75) is 6.18 Å². The molecule has 0 fully saturated rings. The maximum Gasteiger partial charge on any atom is 0.456 e. The Labute approximate surface area is 139 Å². The Morgan fingerprint density at radius 2 is 1.58 bits per heavy atom. The molecular weight excluding hydrogens is 345 g/mol. The quantitative estimate of drug-likeness (QED) is 0.449. The van der Waals surface area contributed by atoms with Gasteiger partial charge in [-0.25, -0.2) is 0 Å². The van der Waals surface area contributed by atoms with Gasteiger partial charge in [-0.2, -0.15) is 18.3 Å². The molecule has 0 saturated carbocycles. The number of hydrogen-bond acceptors (Lipinski definition) is 4. The minimum atomic E-state index is -5.20. The summed E-state index contributed by atoms with van der Waals surface area (Å²) in [5, 5.41) is 17.3. The molecule has 0 aliphatic rings. The SMILES string of the molecule is O=C(/C(N=Nc1ccc(Cl)cc1)=C(/O)c1ccccc1)C(F)(F)F. The smallest absolute Gasteiger partial charge is 0.456 e. The number of Topliss-reactive ketones (excluding diaryl/α,β-unsaturated/α-hetero) is 1. The first-order valence-corrected chi connectivity index (χ1v) is 6.94. The maximum absolute atomic E-state index is 12.7. The Hall–Kier alpha value is -2.67. The van der Waals surface area contributed by atoms with Gasteiger partial charge in [0.15, 0.2) is 11.5 Å². The molecule has 0 aliphatic heterocycles. The molecule has 0 aliphatic carbocycles. The van der Waals surface area contributed by atoms with Crippen LogP contribution in [0.25, 0.3) is 5.76 Å². The van der Waals surface area contributed by atoms with E-state index < -0.39 is 23.4 Å². The number of hydrogen-bond donors (Lipinski definition) is 1. The largest absolute Gasteiger partial charge is 0.505 e. The van der Waals surface area contributed by atoms with E-state index in [1.807, 2.05) is 0 Å². The van der Waals surface area contributed by atoms with Crippen LogP contribution in [0.2, 0.25) is 5.02 Å². The van der Waals surface area contributed by atoms with Gasteiger partial charge in [0.25, 0.3) is 5.78 Å². The summed E-state index contributed by atoms with van der Waals surface area (Å²) in [5.41, 5.74) is -1.00. The zero-order valence-electron chi connectivity index (χ0n) is 12.0. The van der Waals surface area contributed by atoms with Gasteiger partial charge in [0.1, 0.15) is 0 Å². The van der Waals surface area contributed by atoms with Gasteiger partial charge < -0.3 is 5.11 Å². The van der Waals surface area contributed by atoms with Crippen molar-refractivity contribution in [2.24, 2.45) is 10.2 Å². The summed E-state index contributed by atoms with van der Waals surface area (Å²) in [6, 6.07) is 13.0. The number of allylic oxidation sites excluding steroid dienone is 1. The van der Waals surface area contributed by atoms with Crippen LogP contribution in [-0.2, 0) is 4.79 Å². The topological polar surface area (TPSA) is 62.0 Å². The second-order valence-electron chi connectivity index (χ2n) is 4.57. The third kappa shape index (κ3) is 4.42. The summed E-state index contributed by atoms with van der Waals surface area (Å²) in [4.78, 5) is 11.5. The van der Waals surface area contributed by atoms with Crippen molar-refractivity contribution in [3.8, 4) is 0 Å². The Bertz CT molecular complexity index is 785. The molecule has 0 spiro atoms. The van der Waals surface area contributed by atoms with Crippen molar-refractivity contribution in [2.75, 3.05) is 0 Å². The van der Waals surface area contributed by atoms with Crippen LogP contribution in [0.1, 0.15) is 5.56 Å². The lowest BCUT2D eigenvalue weighted by atomic mass is 10.1. The number of aliphatic hydroxyl groups excluding tert-OH is 1. The van der Waals surface area contributed by atoms with Crippen LogP contribution < -0.4 is 0 Å². The van der Waals surface area contributed by atoms with Crippen LogP contribution in [0.4, 0.5) is 18.9 Å². The Morgan fingerprint density at radius 1 is 1.00 bits per heavy atom. The highest BCUT2D eigenvalue weighted by Crippen LogP contribution is 2.28. The molecule has 0 saturated heterocycles. The molecule has 0 radical (unpaired) electrons. The van der Waals surface area contributed by atoms with E-state index >= 15 is 0 Å². The molecular formula is C16H10ClF3N2O2. The summed E-state index contributed by atoms with van der Waals surface area (Å²) >= 11 is 5.69. The van der Waals surface area contributed by atoms with Gasteiger partial charge in [0.05, 0.1) is 5.69 Å². The predicted molar refractivity (Wildman–Crippen MR) is 83.0 cm³/mol. The van der Waals surface area contributed by atoms with Crippen LogP contribution in [-0.4, -0.2) is 17.1 Å². The van der Waals surface area contributed by atoms with E-state index in [0.29, 0.717) is 5.02 Å². The third-order valence-electron chi connectivity index (χ3n) is 2.84. The van der Waals surface area contributed by atoms with Crippen LogP contribution >= 0.6 is 11.6 Å². The molecule has 4 nitrogen and oxygen atoms in total. The van der Waals surface area contributed by atoms with Gasteiger partial charge in [-0.05, 0) is 24.3 Å². The molecule has 8 heteroatoms. The van der Waals surface area contributed by atoms with Gasteiger partial charge in [-0.3, -0.25) is 4.79 Å². The van der Waals surface area contributed by atoms with Crippen molar-refractivity contribution in [3.63, 3.8) is 0 Å². The number of rotatable bonds is 4. The van der Waals surface area contributed by atoms with Gasteiger partial charge in [0.2, 0.25) is 0 Å². The molecule has 1 N–H and O–H groups in total. The molecule has 0 atom stereocenters. The van der Waals surface area contributed by atoms with E-state index in [-0.39, 0.29) is 11.3 Å². The van der Waals surface area contributed by atoms with Crippen molar-refractivity contribution in [1.29, 1.82) is 0 Å². The lowest BCUT2D eigenvalue weighted by Gasteiger charge is -2.08. The predicted octanol–water partition coefficient (Wildman–Crippen LogP) is 5.48. The van der Waals surface area contributed by atoms with Crippen molar-refractivity contribution < 1.29 is 23.1 Å². The standard InChI is InChI=1S/C16H10ClF3N2O2/c17-11-6-8-12(9-7-11)21-22-13(15(24)16(18,19)20)14(23)10-4-2-1-3-5-10/h1-9,23H/b14-13-,22-21?. The number of carbonyl (C=O) groups is 1. The summed E-state index contributed by atoms with van der Waals surface area (Å²) < 4.78 is 38.2. The van der Waals surface area contributed by atoms with Crippen molar-refractivity contribution in [3.05, 3.63) is 70.9 Å². The van der Waals surface area contributed by atoms with Crippen LogP contribution in [0, 0.1) is 0 Å². The van der Waals surface area contributed by atoms with Crippen LogP contribution in [0.3, 0.4) is 0 Å². The summed E-state index contributed by atoms with van der Waals surface area (Å²) in [5.74, 6) is -3.20. The molecule has 2 aromatic rings. The molecule has 0 heterocycles. The van der Waals surface area contributed by atoms with Gasteiger partial charge >= 0.3 is 6.18 Å². The fraction of sp³-hybridized carbons (Fsp3) is 0.0625. The summed E-state index contributed by atoms with van der Waals surface area (Å²) in [6.07, 6.45) is -5.20. The third-order valence-corrected chi connectivity index (χ3v) is 3.09. The number of benzene rings is 2. The Balaban J connectivity index is 2.47. The normalized spacial score (nSPS) is 13.0. The van der Waals surface area contributed by atoms with E-state index in [9.17, 15) is 23.1 Å². The number of nitrogens with zero attached hydrogens (tertiary/aromatic N) is 2. The average Bonchev–Trinajstić information content (AvgIpc) is 2.56. The molecule has 124 valence electrons. The molecule has 0 unspecified atom stereocenters. The summed E-state index contributed by atoms with van der Waals surface area (Å²) in [6.45, 7) is 0. The highest BCUT2D eigenvalue weighted by molar-refractivity contribution is 6.30. The molecule has 24 heavy (non-hydrogen) atoms. The van der Waals surface area contributed by atoms with E-state index in [0.717, 1.165) is 0 Å². The first kappa shape index (κ1) is 17.7. The number of ketones is 1. The first-order chi connectivity index (χ1) is 11.3. The fourth-order valence-corrected chi connectivity index (χ4v) is 1.81. The van der Waals surface area contributed by atoms with E-state index in [2.05, 4.69) is 10.2 Å².